The summed E-state index contributed by atoms with van der Waals surface area (Å²) in [6.07, 6.45) is 1.36. The van der Waals surface area contributed by atoms with Gasteiger partial charge in [0.15, 0.2) is 0 Å². The number of benzene rings is 1. The van der Waals surface area contributed by atoms with Crippen LogP contribution in [0.4, 0.5) is 4.79 Å². The Labute approximate surface area is 189 Å². The van der Waals surface area contributed by atoms with Gasteiger partial charge in [0.05, 0.1) is 24.5 Å². The average molecular weight is 438 g/mol. The largest absolute Gasteiger partial charge is 0.461 e. The van der Waals surface area contributed by atoms with Crippen molar-refractivity contribution in [3.05, 3.63) is 52.7 Å². The van der Waals surface area contributed by atoms with E-state index in [1.165, 1.54) is 5.56 Å². The number of fused-ring (bicyclic) bond motifs is 3. The molecule has 0 aliphatic carbocycles. The smallest absolute Gasteiger partial charge is 0.328 e. The molecule has 2 aliphatic heterocycles. The van der Waals surface area contributed by atoms with E-state index >= 15 is 0 Å². The van der Waals surface area contributed by atoms with Crippen molar-refractivity contribution in [3.8, 4) is 11.3 Å². The van der Waals surface area contributed by atoms with Gasteiger partial charge < -0.3 is 19.7 Å². The van der Waals surface area contributed by atoms with Crippen molar-refractivity contribution < 1.29 is 19.1 Å². The van der Waals surface area contributed by atoms with Crippen LogP contribution in [0.2, 0.25) is 0 Å². The summed E-state index contributed by atoms with van der Waals surface area (Å²) in [7, 11) is 0. The zero-order valence-electron chi connectivity index (χ0n) is 19.2. The standard InChI is InChI=1S/C25H31N3O4/c1-15(2)32-24(29)17(4)26-25(30)28-11-10-22-20(13-28)21-14-31-16(3)12-19(21)23(27-22)18-8-6-5-7-9-18/h5-9,15-17H,10-14H2,1-4H3,(H,26,30). The molecule has 0 saturated heterocycles. The normalized spacial score (nSPS) is 18.5. The number of nitrogens with one attached hydrogen (secondary N) is 1. The predicted molar refractivity (Wildman–Crippen MR) is 121 cm³/mol. The molecule has 170 valence electrons. The van der Waals surface area contributed by atoms with Gasteiger partial charge >= 0.3 is 12.0 Å². The van der Waals surface area contributed by atoms with E-state index in [2.05, 4.69) is 24.4 Å². The molecule has 32 heavy (non-hydrogen) atoms. The molecule has 4 rings (SSSR count). The van der Waals surface area contributed by atoms with Crippen molar-refractivity contribution in [1.82, 2.24) is 15.2 Å². The van der Waals surface area contributed by atoms with E-state index in [0.717, 1.165) is 34.5 Å². The summed E-state index contributed by atoms with van der Waals surface area (Å²) in [6, 6.07) is 9.28. The molecule has 2 amide bonds. The highest BCUT2D eigenvalue weighted by atomic mass is 16.5. The first-order valence-corrected chi connectivity index (χ1v) is 11.3. The van der Waals surface area contributed by atoms with Crippen LogP contribution in [0.1, 0.15) is 50.1 Å². The first kappa shape index (κ1) is 22.3. The molecule has 2 aliphatic rings. The highest BCUT2D eigenvalue weighted by Crippen LogP contribution is 2.35. The molecule has 7 heteroatoms. The van der Waals surface area contributed by atoms with Gasteiger partial charge in [0.1, 0.15) is 6.04 Å². The van der Waals surface area contributed by atoms with E-state index in [9.17, 15) is 9.59 Å². The number of amides is 2. The number of pyridine rings is 1. The van der Waals surface area contributed by atoms with Gasteiger partial charge in [-0.25, -0.2) is 9.59 Å². The van der Waals surface area contributed by atoms with Gasteiger partial charge in [-0.1, -0.05) is 30.3 Å². The van der Waals surface area contributed by atoms with Crippen LogP contribution in [0.15, 0.2) is 30.3 Å². The number of carbonyl (C=O) groups excluding carboxylic acids is 2. The first-order chi connectivity index (χ1) is 15.3. The van der Waals surface area contributed by atoms with Crippen molar-refractivity contribution in [2.45, 2.75) is 71.9 Å². The fraction of sp³-hybridized carbons (Fsp3) is 0.480. The molecule has 0 fully saturated rings. The van der Waals surface area contributed by atoms with Crippen LogP contribution in [-0.4, -0.2) is 46.7 Å². The van der Waals surface area contributed by atoms with Crippen molar-refractivity contribution in [3.63, 3.8) is 0 Å². The third-order valence-corrected chi connectivity index (χ3v) is 5.96. The lowest BCUT2D eigenvalue weighted by Crippen LogP contribution is -2.49. The Balaban J connectivity index is 1.59. The number of nitrogens with zero attached hydrogens (tertiary/aromatic N) is 2. The minimum Gasteiger partial charge on any atom is -0.461 e. The molecule has 1 aromatic heterocycles. The molecule has 2 aromatic rings. The molecule has 0 radical (unpaired) electrons. The lowest BCUT2D eigenvalue weighted by atomic mass is 9.88. The number of ether oxygens (including phenoxy) is 2. The average Bonchev–Trinajstić information content (AvgIpc) is 2.78. The fourth-order valence-corrected chi connectivity index (χ4v) is 4.32. The third kappa shape index (κ3) is 4.63. The van der Waals surface area contributed by atoms with Crippen LogP contribution in [0.3, 0.4) is 0 Å². The minimum atomic E-state index is -0.706. The highest BCUT2D eigenvalue weighted by Gasteiger charge is 2.31. The quantitative estimate of drug-likeness (QED) is 0.739. The van der Waals surface area contributed by atoms with Gasteiger partial charge in [-0.2, -0.15) is 0 Å². The number of hydrogen-bond donors (Lipinski definition) is 1. The monoisotopic (exact) mass is 437 g/mol. The summed E-state index contributed by atoms with van der Waals surface area (Å²) < 4.78 is 11.2. The number of esters is 1. The Bertz CT molecular complexity index is 1010. The Morgan fingerprint density at radius 2 is 1.91 bits per heavy atom. The summed E-state index contributed by atoms with van der Waals surface area (Å²) in [5, 5.41) is 2.77. The molecular formula is C25H31N3O4. The zero-order valence-corrected chi connectivity index (χ0v) is 19.2. The van der Waals surface area contributed by atoms with E-state index in [1.54, 1.807) is 25.7 Å². The summed E-state index contributed by atoms with van der Waals surface area (Å²) in [6.45, 7) is 8.82. The maximum absolute atomic E-state index is 12.9. The van der Waals surface area contributed by atoms with Gasteiger partial charge in [-0.15, -0.1) is 0 Å². The van der Waals surface area contributed by atoms with Gasteiger partial charge in [0.25, 0.3) is 0 Å². The van der Waals surface area contributed by atoms with Crippen LogP contribution in [0.25, 0.3) is 11.3 Å². The molecule has 2 atom stereocenters. The van der Waals surface area contributed by atoms with Gasteiger partial charge in [0, 0.05) is 37.2 Å². The highest BCUT2D eigenvalue weighted by molar-refractivity contribution is 5.83. The van der Waals surface area contributed by atoms with E-state index in [-0.39, 0.29) is 18.2 Å². The molecule has 7 nitrogen and oxygen atoms in total. The summed E-state index contributed by atoms with van der Waals surface area (Å²) in [4.78, 5) is 31.8. The first-order valence-electron chi connectivity index (χ1n) is 11.3. The Hall–Kier alpha value is -2.93. The fourth-order valence-electron chi connectivity index (χ4n) is 4.32. The number of aromatic nitrogens is 1. The summed E-state index contributed by atoms with van der Waals surface area (Å²) >= 11 is 0. The topological polar surface area (TPSA) is 80.8 Å². The molecule has 0 spiro atoms. The van der Waals surface area contributed by atoms with Crippen LogP contribution < -0.4 is 5.32 Å². The third-order valence-electron chi connectivity index (χ3n) is 5.96. The lowest BCUT2D eigenvalue weighted by molar-refractivity contribution is -0.149. The molecule has 3 heterocycles. The molecule has 0 bridgehead atoms. The minimum absolute atomic E-state index is 0.126. The second kappa shape index (κ2) is 9.28. The van der Waals surface area contributed by atoms with Crippen molar-refractivity contribution in [1.29, 1.82) is 0 Å². The molecular weight excluding hydrogens is 406 g/mol. The maximum Gasteiger partial charge on any atom is 0.328 e. The predicted octanol–water partition coefficient (Wildman–Crippen LogP) is 3.62. The molecule has 2 unspecified atom stereocenters. The SMILES string of the molecule is CC(C)OC(=O)C(C)NC(=O)N1CCc2nc(-c3ccccc3)c3c(c2C1)COC(C)C3. The van der Waals surface area contributed by atoms with E-state index in [1.807, 2.05) is 18.2 Å². The van der Waals surface area contributed by atoms with Crippen LogP contribution in [-0.2, 0) is 40.3 Å². The number of rotatable bonds is 4. The second-order valence-corrected chi connectivity index (χ2v) is 8.86. The maximum atomic E-state index is 12.9. The summed E-state index contributed by atoms with van der Waals surface area (Å²) in [5.74, 6) is -0.431. The molecule has 1 N–H and O–H groups in total. The molecule has 0 saturated carbocycles. The lowest BCUT2D eigenvalue weighted by Gasteiger charge is -2.34. The van der Waals surface area contributed by atoms with Gasteiger partial charge in [0.2, 0.25) is 0 Å². The number of urea groups is 1. The Morgan fingerprint density at radius 3 is 2.62 bits per heavy atom. The van der Waals surface area contributed by atoms with Gasteiger partial charge in [-0.05, 0) is 44.4 Å². The van der Waals surface area contributed by atoms with Crippen molar-refractivity contribution in [2.24, 2.45) is 0 Å². The van der Waals surface area contributed by atoms with Crippen LogP contribution in [0, 0.1) is 0 Å². The van der Waals surface area contributed by atoms with E-state index < -0.39 is 12.0 Å². The zero-order chi connectivity index (χ0) is 22.8. The van der Waals surface area contributed by atoms with Crippen LogP contribution in [0.5, 0.6) is 0 Å². The Kier molecular flexibility index (Phi) is 6.46. The van der Waals surface area contributed by atoms with E-state index in [0.29, 0.717) is 26.1 Å². The van der Waals surface area contributed by atoms with Crippen LogP contribution >= 0.6 is 0 Å². The van der Waals surface area contributed by atoms with E-state index in [4.69, 9.17) is 14.5 Å². The van der Waals surface area contributed by atoms with Crippen molar-refractivity contribution >= 4 is 12.0 Å². The number of carbonyl (C=O) groups is 2. The molecule has 1 aromatic carbocycles. The second-order valence-electron chi connectivity index (χ2n) is 8.86. The van der Waals surface area contributed by atoms with Gasteiger partial charge in [-0.3, -0.25) is 4.98 Å². The number of hydrogen-bond acceptors (Lipinski definition) is 5. The van der Waals surface area contributed by atoms with Crippen molar-refractivity contribution in [2.75, 3.05) is 6.54 Å². The Morgan fingerprint density at radius 1 is 1.16 bits per heavy atom. The summed E-state index contributed by atoms with van der Waals surface area (Å²) in [5.41, 5.74) is 6.60.